The van der Waals surface area contributed by atoms with E-state index in [0.29, 0.717) is 0 Å². The van der Waals surface area contributed by atoms with Gasteiger partial charge in [-0.15, -0.1) is 0 Å². The number of benzene rings is 7. The lowest BCUT2D eigenvalue weighted by Gasteiger charge is -2.22. The van der Waals surface area contributed by atoms with Crippen LogP contribution in [0.25, 0.3) is 77.2 Å². The number of rotatable bonds is 5. The van der Waals surface area contributed by atoms with Crippen molar-refractivity contribution in [2.75, 3.05) is 10.2 Å². The van der Waals surface area contributed by atoms with Gasteiger partial charge in [-0.2, -0.15) is 0 Å². The van der Waals surface area contributed by atoms with Gasteiger partial charge in [0.25, 0.3) is 0 Å². The van der Waals surface area contributed by atoms with Gasteiger partial charge in [0.05, 0.1) is 11.4 Å². The molecule has 2 aliphatic rings. The van der Waals surface area contributed by atoms with Gasteiger partial charge >= 0.3 is 0 Å². The largest absolute Gasteiger partial charge is 0.359 e. The number of anilines is 2. The summed E-state index contributed by atoms with van der Waals surface area (Å²) in [7, 11) is 0. The highest BCUT2D eigenvalue weighted by atomic mass is 15.3. The highest BCUT2D eigenvalue weighted by molar-refractivity contribution is 6.21. The number of fused-ring (bicyclic) bond motifs is 6. The van der Waals surface area contributed by atoms with E-state index in [2.05, 4.69) is 185 Å². The van der Waals surface area contributed by atoms with E-state index >= 15 is 0 Å². The second-order valence-electron chi connectivity index (χ2n) is 13.2. The Morgan fingerprint density at radius 3 is 1.71 bits per heavy atom. The summed E-state index contributed by atoms with van der Waals surface area (Å²) in [5, 5.41) is 8.89. The maximum absolute atomic E-state index is 4.31. The molecule has 1 N–H and O–H groups in total. The molecule has 0 amide bonds. The molecule has 0 aliphatic carbocycles. The number of hydrogen-bond donors (Lipinski definition) is 1. The van der Waals surface area contributed by atoms with Crippen LogP contribution in [0.15, 0.2) is 188 Å². The third kappa shape index (κ3) is 4.94. The fraction of sp³-hybridized carbons (Fsp3) is 0.0208. The molecule has 0 bridgehead atoms. The minimum atomic E-state index is 0.0867. The Morgan fingerprint density at radius 2 is 1.04 bits per heavy atom. The number of nitrogens with one attached hydrogen (secondary N) is 1. The first-order valence-corrected chi connectivity index (χ1v) is 17.5. The molecule has 1 unspecified atom stereocenters. The molecule has 3 heterocycles. The number of pyridine rings is 1. The van der Waals surface area contributed by atoms with Crippen LogP contribution in [-0.4, -0.2) is 11.1 Å². The molecule has 3 nitrogen and oxygen atoms in total. The van der Waals surface area contributed by atoms with Crippen molar-refractivity contribution in [1.82, 2.24) is 4.98 Å². The van der Waals surface area contributed by atoms with Gasteiger partial charge in [-0.25, -0.2) is 0 Å². The maximum atomic E-state index is 4.31. The van der Waals surface area contributed by atoms with Crippen molar-refractivity contribution in [2.24, 2.45) is 0 Å². The van der Waals surface area contributed by atoms with Crippen LogP contribution in [0.5, 0.6) is 0 Å². The summed E-state index contributed by atoms with van der Waals surface area (Å²) in [6.07, 6.45) is 12.4. The lowest BCUT2D eigenvalue weighted by Crippen LogP contribution is -2.30. The van der Waals surface area contributed by atoms with Crippen molar-refractivity contribution in [2.45, 2.75) is 6.17 Å². The van der Waals surface area contributed by atoms with Gasteiger partial charge in [0.1, 0.15) is 6.17 Å². The van der Waals surface area contributed by atoms with Crippen LogP contribution in [0.1, 0.15) is 0 Å². The molecule has 8 aromatic rings. The number of hydrogen-bond acceptors (Lipinski definition) is 3. The normalized spacial score (nSPS) is 14.4. The minimum Gasteiger partial charge on any atom is -0.359 e. The van der Waals surface area contributed by atoms with Crippen LogP contribution in [0, 0.1) is 0 Å². The predicted octanol–water partition coefficient (Wildman–Crippen LogP) is 12.4. The second kappa shape index (κ2) is 12.0. The molecule has 51 heavy (non-hydrogen) atoms. The molecule has 0 radical (unpaired) electrons. The monoisotopic (exact) mass is 651 g/mol. The SMILES string of the molecule is C1=CC2Nc3c(-c4ccc(-c5c(-c6ccccc6)c6ccccc6c6ccccc56)cc4)cc(-c4ccc(-c5cccnc5)cc4)cc3N2C=C1. The molecule has 0 saturated heterocycles. The molecule has 10 rings (SSSR count). The molecule has 1 aromatic heterocycles. The van der Waals surface area contributed by atoms with Gasteiger partial charge < -0.3 is 10.2 Å². The Bertz CT molecular complexity index is 2640. The molecule has 0 fully saturated rings. The number of aromatic nitrogens is 1. The summed E-state index contributed by atoms with van der Waals surface area (Å²) in [5.74, 6) is 0. The van der Waals surface area contributed by atoms with E-state index in [1.54, 1.807) is 0 Å². The fourth-order valence-electron chi connectivity index (χ4n) is 7.92. The van der Waals surface area contributed by atoms with Gasteiger partial charge in [0, 0.05) is 24.2 Å². The molecule has 3 heteroatoms. The molecule has 7 aromatic carbocycles. The fourth-order valence-corrected chi connectivity index (χ4v) is 7.92. The second-order valence-corrected chi connectivity index (χ2v) is 13.2. The summed E-state index contributed by atoms with van der Waals surface area (Å²) in [4.78, 5) is 6.64. The van der Waals surface area contributed by atoms with E-state index in [9.17, 15) is 0 Å². The standard InChI is InChI=1S/C48H33N3/c1-2-11-35(12-3-1)46-41-16-6-4-14-39(41)40-15-5-7-17-42(40)47(46)36-25-23-34(24-26-36)43-29-38(30-44-48(43)50-45-18-8-9-28-51(44)45)33-21-19-32(20-22-33)37-13-10-27-49-31-37/h1-31,45,50H. The van der Waals surface area contributed by atoms with E-state index in [-0.39, 0.29) is 6.17 Å². The van der Waals surface area contributed by atoms with Crippen molar-refractivity contribution in [1.29, 1.82) is 0 Å². The zero-order chi connectivity index (χ0) is 33.7. The first-order valence-electron chi connectivity index (χ1n) is 17.5. The maximum Gasteiger partial charge on any atom is 0.123 e. The number of nitrogens with zero attached hydrogens (tertiary/aromatic N) is 2. The molecule has 240 valence electrons. The predicted molar refractivity (Wildman–Crippen MR) is 215 cm³/mol. The van der Waals surface area contributed by atoms with Crippen LogP contribution in [-0.2, 0) is 0 Å². The van der Waals surface area contributed by atoms with Crippen molar-refractivity contribution in [3.8, 4) is 55.6 Å². The Hall–Kier alpha value is -6.71. The van der Waals surface area contributed by atoms with Gasteiger partial charge in [-0.1, -0.05) is 140 Å². The van der Waals surface area contributed by atoms with Crippen LogP contribution >= 0.6 is 0 Å². The average molecular weight is 652 g/mol. The lowest BCUT2D eigenvalue weighted by atomic mass is 9.84. The third-order valence-corrected chi connectivity index (χ3v) is 10.3. The average Bonchev–Trinajstić information content (AvgIpc) is 3.59. The molecule has 2 aliphatic heterocycles. The third-order valence-electron chi connectivity index (χ3n) is 10.3. The van der Waals surface area contributed by atoms with E-state index < -0.39 is 0 Å². The molecule has 1 atom stereocenters. The Labute approximate surface area is 297 Å². The van der Waals surface area contributed by atoms with Crippen LogP contribution in [0.4, 0.5) is 11.4 Å². The van der Waals surface area contributed by atoms with Crippen molar-refractivity contribution in [3.63, 3.8) is 0 Å². The number of allylic oxidation sites excluding steroid dienone is 2. The van der Waals surface area contributed by atoms with Crippen molar-refractivity contribution >= 4 is 32.9 Å². The molecule has 0 saturated carbocycles. The summed E-state index contributed by atoms with van der Waals surface area (Å²) >= 11 is 0. The minimum absolute atomic E-state index is 0.0867. The van der Waals surface area contributed by atoms with E-state index in [0.717, 1.165) is 16.8 Å². The molecular weight excluding hydrogens is 619 g/mol. The summed E-state index contributed by atoms with van der Waals surface area (Å²) < 4.78 is 0. The van der Waals surface area contributed by atoms with E-state index in [4.69, 9.17) is 0 Å². The van der Waals surface area contributed by atoms with Gasteiger partial charge in [0.2, 0.25) is 0 Å². The van der Waals surface area contributed by atoms with Gasteiger partial charge in [-0.05, 0) is 102 Å². The van der Waals surface area contributed by atoms with Crippen LogP contribution in [0.3, 0.4) is 0 Å². The first-order chi connectivity index (χ1) is 25.3. The highest BCUT2D eigenvalue weighted by Gasteiger charge is 2.30. The summed E-state index contributed by atoms with van der Waals surface area (Å²) in [5.41, 5.74) is 14.3. The smallest absolute Gasteiger partial charge is 0.123 e. The first kappa shape index (κ1) is 29.2. The Kier molecular flexibility index (Phi) is 6.88. The quantitative estimate of drug-likeness (QED) is 0.188. The highest BCUT2D eigenvalue weighted by Crippen LogP contribution is 2.48. The van der Waals surface area contributed by atoms with Crippen molar-refractivity contribution < 1.29 is 0 Å². The van der Waals surface area contributed by atoms with Gasteiger partial charge in [-0.3, -0.25) is 4.98 Å². The molecular formula is C48H33N3. The van der Waals surface area contributed by atoms with Gasteiger partial charge in [0.15, 0.2) is 0 Å². The summed E-state index contributed by atoms with van der Waals surface area (Å²) in [6, 6.07) is 55.3. The Balaban J connectivity index is 1.13. The molecule has 0 spiro atoms. The topological polar surface area (TPSA) is 28.2 Å². The van der Waals surface area contributed by atoms with E-state index in [1.165, 1.54) is 71.7 Å². The summed E-state index contributed by atoms with van der Waals surface area (Å²) in [6.45, 7) is 0. The zero-order valence-electron chi connectivity index (χ0n) is 27.9. The Morgan fingerprint density at radius 1 is 0.471 bits per heavy atom. The van der Waals surface area contributed by atoms with Crippen LogP contribution < -0.4 is 10.2 Å². The zero-order valence-corrected chi connectivity index (χ0v) is 27.9. The van der Waals surface area contributed by atoms with Crippen molar-refractivity contribution in [3.05, 3.63) is 188 Å². The van der Waals surface area contributed by atoms with E-state index in [1.807, 2.05) is 18.5 Å². The van der Waals surface area contributed by atoms with Crippen LogP contribution in [0.2, 0.25) is 0 Å². The lowest BCUT2D eigenvalue weighted by molar-refractivity contribution is 0.908.